The Bertz CT molecular complexity index is 551. The SMILES string of the molecule is Cc1nc2ccccn2c1[P+](C)(N(C)C)N(C)C. The molecule has 2 rings (SSSR count). The van der Waals surface area contributed by atoms with E-state index in [2.05, 4.69) is 78.8 Å². The molecular weight excluding hydrogens is 243 g/mol. The van der Waals surface area contributed by atoms with Crippen molar-refractivity contribution in [3.63, 3.8) is 0 Å². The molecule has 18 heavy (non-hydrogen) atoms. The fourth-order valence-electron chi connectivity index (χ4n) is 2.35. The zero-order valence-corrected chi connectivity index (χ0v) is 12.9. The summed E-state index contributed by atoms with van der Waals surface area (Å²) < 4.78 is 6.88. The van der Waals surface area contributed by atoms with Crippen LogP contribution in [0.3, 0.4) is 0 Å². The number of aryl methyl sites for hydroxylation is 1. The average molecular weight is 265 g/mol. The second kappa shape index (κ2) is 4.61. The van der Waals surface area contributed by atoms with Crippen LogP contribution in [-0.2, 0) is 0 Å². The maximum atomic E-state index is 4.68. The Balaban J connectivity index is 2.76. The number of hydrogen-bond donors (Lipinski definition) is 0. The van der Waals surface area contributed by atoms with E-state index in [0.29, 0.717) is 0 Å². The maximum Gasteiger partial charge on any atom is 0.226 e. The van der Waals surface area contributed by atoms with E-state index in [-0.39, 0.29) is 0 Å². The minimum absolute atomic E-state index is 1.03. The molecule has 2 aromatic heterocycles. The van der Waals surface area contributed by atoms with Gasteiger partial charge in [-0.05, 0) is 19.1 Å². The first kappa shape index (κ1) is 13.5. The van der Waals surface area contributed by atoms with Crippen molar-refractivity contribution in [1.29, 1.82) is 0 Å². The Kier molecular flexibility index (Phi) is 3.45. The third kappa shape index (κ3) is 1.85. The zero-order valence-electron chi connectivity index (χ0n) is 12.0. The largest absolute Gasteiger partial charge is 0.268 e. The van der Waals surface area contributed by atoms with Crippen molar-refractivity contribution in [1.82, 2.24) is 18.7 Å². The van der Waals surface area contributed by atoms with Crippen LogP contribution in [0.15, 0.2) is 24.4 Å². The van der Waals surface area contributed by atoms with Gasteiger partial charge in [-0.15, -0.1) is 0 Å². The van der Waals surface area contributed by atoms with Crippen LogP contribution >= 0.6 is 7.56 Å². The highest BCUT2D eigenvalue weighted by molar-refractivity contribution is 7.77. The minimum atomic E-state index is -1.53. The molecule has 2 aromatic rings. The summed E-state index contributed by atoms with van der Waals surface area (Å²) >= 11 is 0. The lowest BCUT2D eigenvalue weighted by atomic mass is 10.5. The Labute approximate surface area is 110 Å². The molecule has 0 saturated heterocycles. The monoisotopic (exact) mass is 265 g/mol. The Morgan fingerprint density at radius 3 is 2.28 bits per heavy atom. The van der Waals surface area contributed by atoms with Gasteiger partial charge < -0.3 is 0 Å². The summed E-state index contributed by atoms with van der Waals surface area (Å²) in [5.41, 5.74) is 3.48. The molecule has 5 heteroatoms. The third-order valence-corrected chi connectivity index (χ3v) is 8.09. The molecule has 98 valence electrons. The molecule has 0 aliphatic carbocycles. The Hall–Kier alpha value is -0.960. The lowest BCUT2D eigenvalue weighted by molar-refractivity contribution is 0.564. The first-order chi connectivity index (χ1) is 8.39. The smallest absolute Gasteiger partial charge is 0.226 e. The molecule has 0 fully saturated rings. The molecule has 0 atom stereocenters. The fourth-order valence-corrected chi connectivity index (χ4v) is 5.06. The number of hydrogen-bond acceptors (Lipinski definition) is 3. The van der Waals surface area contributed by atoms with Gasteiger partial charge in [-0.1, -0.05) is 6.07 Å². The number of rotatable bonds is 3. The Morgan fingerprint density at radius 1 is 1.11 bits per heavy atom. The van der Waals surface area contributed by atoms with Gasteiger partial charge in [-0.25, -0.2) is 4.98 Å². The maximum absolute atomic E-state index is 4.68. The van der Waals surface area contributed by atoms with Crippen LogP contribution in [0.1, 0.15) is 5.69 Å². The lowest BCUT2D eigenvalue weighted by Crippen LogP contribution is -2.36. The highest BCUT2D eigenvalue weighted by atomic mass is 31.2. The molecule has 0 aliphatic heterocycles. The molecule has 0 saturated carbocycles. The number of fused-ring (bicyclic) bond motifs is 1. The van der Waals surface area contributed by atoms with Gasteiger partial charge in [0.2, 0.25) is 13.0 Å². The molecule has 0 bridgehead atoms. The first-order valence-electron chi connectivity index (χ1n) is 6.05. The predicted octanol–water partition coefficient (Wildman–Crippen LogP) is 1.87. The van der Waals surface area contributed by atoms with E-state index >= 15 is 0 Å². The van der Waals surface area contributed by atoms with Gasteiger partial charge in [-0.3, -0.25) is 4.40 Å². The van der Waals surface area contributed by atoms with Gasteiger partial charge in [0.15, 0.2) is 0 Å². The van der Waals surface area contributed by atoms with Crippen LogP contribution < -0.4 is 5.44 Å². The second-order valence-corrected chi connectivity index (χ2v) is 8.91. The van der Waals surface area contributed by atoms with Gasteiger partial charge in [0.05, 0.1) is 6.66 Å². The van der Waals surface area contributed by atoms with E-state index in [9.17, 15) is 0 Å². The molecule has 0 radical (unpaired) electrons. The molecule has 0 aromatic carbocycles. The van der Waals surface area contributed by atoms with Crippen molar-refractivity contribution in [3.05, 3.63) is 30.1 Å². The van der Waals surface area contributed by atoms with Crippen molar-refractivity contribution in [2.24, 2.45) is 0 Å². The van der Waals surface area contributed by atoms with Gasteiger partial charge in [0.1, 0.15) is 11.3 Å². The summed E-state index contributed by atoms with van der Waals surface area (Å²) in [7, 11) is 7.06. The highest BCUT2D eigenvalue weighted by Crippen LogP contribution is 2.57. The topological polar surface area (TPSA) is 23.8 Å². The Morgan fingerprint density at radius 2 is 1.72 bits per heavy atom. The van der Waals surface area contributed by atoms with E-state index in [0.717, 1.165) is 11.3 Å². The van der Waals surface area contributed by atoms with Crippen LogP contribution in [0.4, 0.5) is 0 Å². The predicted molar refractivity (Wildman–Crippen MR) is 79.8 cm³/mol. The normalized spacial score (nSPS) is 12.9. The quantitative estimate of drug-likeness (QED) is 0.792. The standard InChI is InChI=1S/C13H22N4P/c1-11-13(18(6,15(2)3)16(4)5)17-10-8-7-9-12(17)14-11/h7-10H,1-6H3/q+1. The second-order valence-electron chi connectivity index (χ2n) is 5.06. The summed E-state index contributed by atoms with van der Waals surface area (Å²) in [6, 6.07) is 6.16. The summed E-state index contributed by atoms with van der Waals surface area (Å²) in [5.74, 6) is 0. The summed E-state index contributed by atoms with van der Waals surface area (Å²) in [6.45, 7) is 4.43. The summed E-state index contributed by atoms with van der Waals surface area (Å²) in [4.78, 5) is 4.68. The van der Waals surface area contributed by atoms with Crippen molar-refractivity contribution in [2.45, 2.75) is 6.92 Å². The number of aromatic nitrogens is 2. The van der Waals surface area contributed by atoms with E-state index in [1.165, 1.54) is 5.44 Å². The highest BCUT2D eigenvalue weighted by Gasteiger charge is 2.45. The van der Waals surface area contributed by atoms with Crippen LogP contribution in [0.25, 0.3) is 5.65 Å². The van der Waals surface area contributed by atoms with Crippen LogP contribution in [-0.4, -0.2) is 53.6 Å². The molecule has 0 unspecified atom stereocenters. The van der Waals surface area contributed by atoms with E-state index in [1.807, 2.05) is 6.07 Å². The van der Waals surface area contributed by atoms with E-state index in [4.69, 9.17) is 0 Å². The molecule has 0 N–H and O–H groups in total. The van der Waals surface area contributed by atoms with Gasteiger partial charge in [-0.2, -0.15) is 9.34 Å². The first-order valence-corrected chi connectivity index (χ1v) is 8.19. The summed E-state index contributed by atoms with van der Waals surface area (Å²) in [6.07, 6.45) is 2.11. The van der Waals surface area contributed by atoms with Crippen molar-refractivity contribution >= 4 is 18.6 Å². The van der Waals surface area contributed by atoms with Crippen LogP contribution in [0, 0.1) is 6.92 Å². The molecule has 4 nitrogen and oxygen atoms in total. The molecule has 0 aliphatic rings. The number of imidazole rings is 1. The van der Waals surface area contributed by atoms with E-state index in [1.54, 1.807) is 0 Å². The molecule has 0 amide bonds. The molecule has 2 heterocycles. The van der Waals surface area contributed by atoms with E-state index < -0.39 is 7.56 Å². The van der Waals surface area contributed by atoms with Crippen LogP contribution in [0.5, 0.6) is 0 Å². The third-order valence-electron chi connectivity index (χ3n) is 3.63. The van der Waals surface area contributed by atoms with Crippen molar-refractivity contribution < 1.29 is 0 Å². The fraction of sp³-hybridized carbons (Fsp3) is 0.462. The number of pyridine rings is 1. The van der Waals surface area contributed by atoms with Crippen molar-refractivity contribution in [3.8, 4) is 0 Å². The van der Waals surface area contributed by atoms with Gasteiger partial charge in [0, 0.05) is 34.4 Å². The van der Waals surface area contributed by atoms with Gasteiger partial charge in [0.25, 0.3) is 0 Å². The molecule has 0 spiro atoms. The minimum Gasteiger partial charge on any atom is -0.268 e. The zero-order chi connectivity index (χ0) is 13.5. The average Bonchev–Trinajstić information content (AvgIpc) is 2.63. The number of nitrogens with zero attached hydrogens (tertiary/aromatic N) is 4. The summed E-state index contributed by atoms with van der Waals surface area (Å²) in [5, 5.41) is 0. The lowest BCUT2D eigenvalue weighted by Gasteiger charge is -2.32. The van der Waals surface area contributed by atoms with Crippen LogP contribution in [0.2, 0.25) is 0 Å². The van der Waals surface area contributed by atoms with Gasteiger partial charge >= 0.3 is 0 Å². The van der Waals surface area contributed by atoms with Crippen molar-refractivity contribution in [2.75, 3.05) is 34.9 Å². The molecular formula is C13H22N4P+.